The summed E-state index contributed by atoms with van der Waals surface area (Å²) in [5.41, 5.74) is 0.120. The van der Waals surface area contributed by atoms with Crippen molar-refractivity contribution in [2.24, 2.45) is 0 Å². The second-order valence-corrected chi connectivity index (χ2v) is 6.66. The molecule has 138 valence electrons. The van der Waals surface area contributed by atoms with Gasteiger partial charge in [0.2, 0.25) is 0 Å². The number of nitro groups is 1. The van der Waals surface area contributed by atoms with E-state index >= 15 is 0 Å². The van der Waals surface area contributed by atoms with Crippen LogP contribution in [0.2, 0.25) is 0 Å². The number of nitro benzene ring substituents is 1. The Hall–Kier alpha value is -2.70. The zero-order chi connectivity index (χ0) is 18.7. The van der Waals surface area contributed by atoms with Crippen LogP contribution in [0.1, 0.15) is 51.5 Å². The van der Waals surface area contributed by atoms with E-state index in [2.05, 4.69) is 0 Å². The molecule has 1 aromatic carbocycles. The minimum atomic E-state index is -0.741. The number of hydrogen-bond acceptors (Lipinski definition) is 5. The lowest BCUT2D eigenvalue weighted by Gasteiger charge is -2.25. The molecule has 1 atom stereocenters. The summed E-state index contributed by atoms with van der Waals surface area (Å²) in [5.74, 6) is -0.410. The Morgan fingerprint density at radius 1 is 1.27 bits per heavy atom. The zero-order valence-corrected chi connectivity index (χ0v) is 14.7. The van der Waals surface area contributed by atoms with Gasteiger partial charge in [-0.3, -0.25) is 19.5 Å². The molecular weight excluding hydrogens is 336 g/mol. The predicted octanol–water partition coefficient (Wildman–Crippen LogP) is 3.74. The van der Waals surface area contributed by atoms with Gasteiger partial charge in [0, 0.05) is 23.6 Å². The van der Waals surface area contributed by atoms with E-state index in [1.807, 2.05) is 6.92 Å². The number of benzene rings is 1. The van der Waals surface area contributed by atoms with Crippen molar-refractivity contribution in [2.75, 3.05) is 0 Å². The van der Waals surface area contributed by atoms with E-state index < -0.39 is 16.9 Å². The molecule has 0 spiro atoms. The Morgan fingerprint density at radius 3 is 2.65 bits per heavy atom. The minimum Gasteiger partial charge on any atom is -0.461 e. The molecule has 7 nitrogen and oxygen atoms in total. The Balaban J connectivity index is 1.97. The van der Waals surface area contributed by atoms with Crippen molar-refractivity contribution in [3.05, 3.63) is 50.8 Å². The number of carbonyl (C=O) groups excluding carboxylic acids is 1. The Morgan fingerprint density at radius 2 is 2.00 bits per heavy atom. The third-order valence-electron chi connectivity index (χ3n) is 4.93. The number of pyridine rings is 1. The average molecular weight is 358 g/mol. The van der Waals surface area contributed by atoms with Gasteiger partial charge in [-0.2, -0.15) is 0 Å². The molecule has 1 fully saturated rings. The molecule has 1 aliphatic carbocycles. The van der Waals surface area contributed by atoms with Crippen molar-refractivity contribution in [3.8, 4) is 0 Å². The molecule has 1 aliphatic rings. The molecule has 0 saturated heterocycles. The normalized spacial score (nSPS) is 16.3. The molecule has 7 heteroatoms. The third-order valence-corrected chi connectivity index (χ3v) is 4.93. The van der Waals surface area contributed by atoms with Crippen LogP contribution in [0.4, 0.5) is 5.69 Å². The van der Waals surface area contributed by atoms with Gasteiger partial charge in [0.1, 0.15) is 12.1 Å². The van der Waals surface area contributed by atoms with Crippen LogP contribution >= 0.6 is 0 Å². The lowest BCUT2D eigenvalue weighted by molar-refractivity contribution is -0.384. The largest absolute Gasteiger partial charge is 0.461 e. The standard InChI is InChI=1S/C19H22N2O5/c1-2-16(19(23)26-15-6-4-3-5-7-15)20-17-10-9-14(21(24)25)12-13(17)8-11-18(20)22/h8-12,15-16H,2-7H2,1H3. The highest BCUT2D eigenvalue weighted by Crippen LogP contribution is 2.26. The molecule has 1 unspecified atom stereocenters. The first-order valence-electron chi connectivity index (χ1n) is 9.01. The predicted molar refractivity (Wildman–Crippen MR) is 97.2 cm³/mol. The second-order valence-electron chi connectivity index (χ2n) is 6.66. The van der Waals surface area contributed by atoms with Crippen molar-refractivity contribution in [2.45, 2.75) is 57.6 Å². The maximum Gasteiger partial charge on any atom is 0.329 e. The molecule has 2 aromatic rings. The van der Waals surface area contributed by atoms with Gasteiger partial charge in [-0.1, -0.05) is 13.3 Å². The summed E-state index contributed by atoms with van der Waals surface area (Å²) in [6.07, 6.45) is 5.29. The summed E-state index contributed by atoms with van der Waals surface area (Å²) in [4.78, 5) is 35.7. The van der Waals surface area contributed by atoms with Gasteiger partial charge in [-0.15, -0.1) is 0 Å². The molecule has 0 radical (unpaired) electrons. The third kappa shape index (κ3) is 3.61. The summed E-state index contributed by atoms with van der Waals surface area (Å²) in [5, 5.41) is 11.5. The molecule has 0 N–H and O–H groups in total. The van der Waals surface area contributed by atoms with Crippen LogP contribution in [0.5, 0.6) is 0 Å². The maximum absolute atomic E-state index is 12.7. The SMILES string of the molecule is CCC(C(=O)OC1CCCCC1)n1c(=O)ccc2cc([N+](=O)[O-])ccc21. The fraction of sp³-hybridized carbons (Fsp3) is 0.474. The van der Waals surface area contributed by atoms with Crippen LogP contribution in [0.15, 0.2) is 35.1 Å². The van der Waals surface area contributed by atoms with Gasteiger partial charge in [0.15, 0.2) is 0 Å². The highest BCUT2D eigenvalue weighted by molar-refractivity contribution is 5.84. The number of ether oxygens (including phenoxy) is 1. The topological polar surface area (TPSA) is 91.4 Å². The van der Waals surface area contributed by atoms with E-state index in [4.69, 9.17) is 4.74 Å². The van der Waals surface area contributed by atoms with Crippen LogP contribution in [-0.4, -0.2) is 21.6 Å². The summed E-state index contributed by atoms with van der Waals surface area (Å²) in [6.45, 7) is 1.82. The fourth-order valence-electron chi connectivity index (χ4n) is 3.57. The van der Waals surface area contributed by atoms with Crippen LogP contribution in [-0.2, 0) is 9.53 Å². The van der Waals surface area contributed by atoms with E-state index in [9.17, 15) is 19.7 Å². The minimum absolute atomic E-state index is 0.0551. The first-order valence-corrected chi connectivity index (χ1v) is 9.01. The monoisotopic (exact) mass is 358 g/mol. The Bertz CT molecular complexity index is 883. The number of non-ortho nitro benzene ring substituents is 1. The summed E-state index contributed by atoms with van der Waals surface area (Å²) in [7, 11) is 0. The molecule has 1 aromatic heterocycles. The first-order chi connectivity index (χ1) is 12.5. The summed E-state index contributed by atoms with van der Waals surface area (Å²) >= 11 is 0. The lowest BCUT2D eigenvalue weighted by atomic mass is 9.98. The van der Waals surface area contributed by atoms with Crippen LogP contribution in [0.25, 0.3) is 10.9 Å². The van der Waals surface area contributed by atoms with Gasteiger partial charge >= 0.3 is 5.97 Å². The molecule has 0 aliphatic heterocycles. The van der Waals surface area contributed by atoms with E-state index in [1.54, 1.807) is 6.07 Å². The highest BCUT2D eigenvalue weighted by Gasteiger charge is 2.27. The zero-order valence-electron chi connectivity index (χ0n) is 14.7. The maximum atomic E-state index is 12.7. The number of carbonyl (C=O) groups is 1. The van der Waals surface area contributed by atoms with E-state index in [1.165, 1.54) is 28.8 Å². The van der Waals surface area contributed by atoms with Gasteiger partial charge in [-0.05, 0) is 44.2 Å². The molecule has 1 heterocycles. The van der Waals surface area contributed by atoms with E-state index in [0.717, 1.165) is 32.1 Å². The van der Waals surface area contributed by atoms with Gasteiger partial charge in [0.25, 0.3) is 11.2 Å². The number of fused-ring (bicyclic) bond motifs is 1. The molecular formula is C19H22N2O5. The number of aromatic nitrogens is 1. The van der Waals surface area contributed by atoms with Gasteiger partial charge in [0.05, 0.1) is 10.4 Å². The average Bonchev–Trinajstić information content (AvgIpc) is 2.64. The van der Waals surface area contributed by atoms with Crippen LogP contribution in [0, 0.1) is 10.1 Å². The van der Waals surface area contributed by atoms with Gasteiger partial charge in [-0.25, -0.2) is 4.79 Å². The van der Waals surface area contributed by atoms with Crippen LogP contribution < -0.4 is 5.56 Å². The Labute approximate surface area is 150 Å². The van der Waals surface area contributed by atoms with Gasteiger partial charge < -0.3 is 4.74 Å². The molecule has 0 bridgehead atoms. The second kappa shape index (κ2) is 7.68. The van der Waals surface area contributed by atoms with E-state index in [0.29, 0.717) is 17.3 Å². The Kier molecular flexibility index (Phi) is 5.35. The van der Waals surface area contributed by atoms with Crippen LogP contribution in [0.3, 0.4) is 0 Å². The quantitative estimate of drug-likeness (QED) is 0.461. The van der Waals surface area contributed by atoms with Crippen molar-refractivity contribution in [1.82, 2.24) is 4.57 Å². The summed E-state index contributed by atoms with van der Waals surface area (Å²) in [6, 6.07) is 6.41. The molecule has 1 saturated carbocycles. The fourth-order valence-corrected chi connectivity index (χ4v) is 3.57. The highest BCUT2D eigenvalue weighted by atomic mass is 16.6. The molecule has 3 rings (SSSR count). The molecule has 0 amide bonds. The number of rotatable bonds is 5. The smallest absolute Gasteiger partial charge is 0.329 e. The lowest BCUT2D eigenvalue weighted by Crippen LogP contribution is -2.33. The number of esters is 1. The van der Waals surface area contributed by atoms with E-state index in [-0.39, 0.29) is 17.4 Å². The van der Waals surface area contributed by atoms with Crippen molar-refractivity contribution < 1.29 is 14.5 Å². The van der Waals surface area contributed by atoms with Crippen molar-refractivity contribution in [1.29, 1.82) is 0 Å². The van der Waals surface area contributed by atoms with Crippen molar-refractivity contribution >= 4 is 22.6 Å². The number of hydrogen-bond donors (Lipinski definition) is 0. The first kappa shape index (κ1) is 18.1. The summed E-state index contributed by atoms with van der Waals surface area (Å²) < 4.78 is 7.05. The van der Waals surface area contributed by atoms with Crippen molar-refractivity contribution in [3.63, 3.8) is 0 Å². The number of nitrogens with zero attached hydrogens (tertiary/aromatic N) is 2. The molecule has 26 heavy (non-hydrogen) atoms.